The molecular formula is C15H17F3N2O5. The van der Waals surface area contributed by atoms with E-state index in [2.05, 4.69) is 9.97 Å². The van der Waals surface area contributed by atoms with Gasteiger partial charge in [0.05, 0.1) is 25.3 Å². The molecule has 3 rings (SSSR count). The van der Waals surface area contributed by atoms with Gasteiger partial charge in [0.2, 0.25) is 11.7 Å². The van der Waals surface area contributed by atoms with E-state index < -0.39 is 30.2 Å². The topological polar surface area (TPSA) is 90.8 Å². The van der Waals surface area contributed by atoms with Crippen LogP contribution < -0.4 is 4.74 Å². The minimum absolute atomic E-state index is 0.250. The maximum Gasteiger partial charge on any atom is 0.451 e. The first kappa shape index (κ1) is 17.9. The molecule has 10 heteroatoms. The van der Waals surface area contributed by atoms with E-state index >= 15 is 0 Å². The summed E-state index contributed by atoms with van der Waals surface area (Å²) in [6, 6.07) is 1.14. The summed E-state index contributed by atoms with van der Waals surface area (Å²) in [5.41, 5.74) is -0.250. The lowest BCUT2D eigenvalue weighted by Crippen LogP contribution is -2.38. The normalized spacial score (nSPS) is 20.8. The second-order valence-corrected chi connectivity index (χ2v) is 6.01. The zero-order chi connectivity index (χ0) is 18.1. The van der Waals surface area contributed by atoms with Crippen LogP contribution >= 0.6 is 0 Å². The summed E-state index contributed by atoms with van der Waals surface area (Å²) in [6.45, 7) is 1.07. The number of rotatable bonds is 4. The second kappa shape index (κ2) is 6.75. The lowest BCUT2D eigenvalue weighted by molar-refractivity contribution is -0.186. The Hall–Kier alpha value is -1.94. The number of carboxylic acid groups (broad SMARTS) is 1. The number of halogens is 3. The van der Waals surface area contributed by atoms with Gasteiger partial charge in [0.1, 0.15) is 6.10 Å². The quantitative estimate of drug-likeness (QED) is 0.878. The highest BCUT2D eigenvalue weighted by Crippen LogP contribution is 2.37. The molecule has 0 bridgehead atoms. The summed E-state index contributed by atoms with van der Waals surface area (Å²) in [6.07, 6.45) is -3.52. The Morgan fingerprint density at radius 3 is 2.48 bits per heavy atom. The molecule has 2 fully saturated rings. The Bertz CT molecular complexity index is 637. The summed E-state index contributed by atoms with van der Waals surface area (Å²) in [5.74, 6) is -3.56. The molecule has 0 atom stereocenters. The minimum Gasteiger partial charge on any atom is -0.481 e. The van der Waals surface area contributed by atoms with E-state index in [0.717, 1.165) is 6.07 Å². The van der Waals surface area contributed by atoms with Crippen molar-refractivity contribution in [2.75, 3.05) is 13.2 Å². The van der Waals surface area contributed by atoms with Gasteiger partial charge in [0.15, 0.2) is 5.79 Å². The smallest absolute Gasteiger partial charge is 0.451 e. The zero-order valence-corrected chi connectivity index (χ0v) is 13.2. The fourth-order valence-electron chi connectivity index (χ4n) is 3.01. The van der Waals surface area contributed by atoms with E-state index in [0.29, 0.717) is 38.9 Å². The maximum absolute atomic E-state index is 12.9. The number of nitrogens with zero attached hydrogens (tertiary/aromatic N) is 2. The van der Waals surface area contributed by atoms with Crippen molar-refractivity contribution in [2.45, 2.75) is 50.2 Å². The molecule has 2 heterocycles. The van der Waals surface area contributed by atoms with Crippen LogP contribution in [0.3, 0.4) is 0 Å². The highest BCUT2D eigenvalue weighted by Gasteiger charge is 2.41. The van der Waals surface area contributed by atoms with E-state index in [1.54, 1.807) is 0 Å². The van der Waals surface area contributed by atoms with Crippen molar-refractivity contribution in [3.63, 3.8) is 0 Å². The molecule has 1 aromatic heterocycles. The molecule has 1 saturated carbocycles. The Morgan fingerprint density at radius 2 is 1.92 bits per heavy atom. The van der Waals surface area contributed by atoms with Crippen LogP contribution in [-0.2, 0) is 26.9 Å². The van der Waals surface area contributed by atoms with Gasteiger partial charge in [-0.3, -0.25) is 4.79 Å². The SMILES string of the molecule is O=C(O)Cc1cc(OC2CCC3(CC2)OCCO3)nc(C(F)(F)F)n1. The average Bonchev–Trinajstić information content (AvgIpc) is 2.96. The Balaban J connectivity index is 1.72. The molecule has 0 radical (unpaired) electrons. The van der Waals surface area contributed by atoms with Crippen molar-refractivity contribution < 1.29 is 37.3 Å². The van der Waals surface area contributed by atoms with Gasteiger partial charge in [-0.25, -0.2) is 4.98 Å². The van der Waals surface area contributed by atoms with Crippen LogP contribution in [-0.4, -0.2) is 46.1 Å². The van der Waals surface area contributed by atoms with E-state index in [4.69, 9.17) is 19.3 Å². The average molecular weight is 362 g/mol. The fourth-order valence-corrected chi connectivity index (χ4v) is 3.01. The molecule has 25 heavy (non-hydrogen) atoms. The molecule has 1 saturated heterocycles. The molecule has 7 nitrogen and oxygen atoms in total. The first-order valence-electron chi connectivity index (χ1n) is 7.87. The van der Waals surface area contributed by atoms with Gasteiger partial charge in [-0.15, -0.1) is 0 Å². The van der Waals surface area contributed by atoms with Crippen molar-refractivity contribution in [1.29, 1.82) is 0 Å². The first-order chi connectivity index (χ1) is 11.8. The van der Waals surface area contributed by atoms with E-state index in [1.807, 2.05) is 0 Å². The summed E-state index contributed by atoms with van der Waals surface area (Å²) < 4.78 is 55.4. The summed E-state index contributed by atoms with van der Waals surface area (Å²) in [7, 11) is 0. The van der Waals surface area contributed by atoms with E-state index in [1.165, 1.54) is 0 Å². The molecule has 1 spiro atoms. The van der Waals surface area contributed by atoms with Crippen molar-refractivity contribution in [3.05, 3.63) is 17.6 Å². The number of hydrogen-bond donors (Lipinski definition) is 1. The monoisotopic (exact) mass is 362 g/mol. The highest BCUT2D eigenvalue weighted by atomic mass is 19.4. The number of carboxylic acids is 1. The van der Waals surface area contributed by atoms with Gasteiger partial charge in [0.25, 0.3) is 0 Å². The lowest BCUT2D eigenvalue weighted by Gasteiger charge is -2.35. The van der Waals surface area contributed by atoms with Crippen molar-refractivity contribution >= 4 is 5.97 Å². The van der Waals surface area contributed by atoms with Gasteiger partial charge >= 0.3 is 12.1 Å². The molecule has 138 valence electrons. The molecule has 0 amide bonds. The van der Waals surface area contributed by atoms with Gasteiger partial charge in [-0.2, -0.15) is 18.2 Å². The van der Waals surface area contributed by atoms with Crippen LogP contribution in [0.5, 0.6) is 5.88 Å². The lowest BCUT2D eigenvalue weighted by atomic mass is 9.92. The van der Waals surface area contributed by atoms with Crippen LogP contribution in [0.1, 0.15) is 37.2 Å². The second-order valence-electron chi connectivity index (χ2n) is 6.01. The molecule has 0 unspecified atom stereocenters. The summed E-state index contributed by atoms with van der Waals surface area (Å²) >= 11 is 0. The molecule has 0 aromatic carbocycles. The fraction of sp³-hybridized carbons (Fsp3) is 0.667. The van der Waals surface area contributed by atoms with Crippen molar-refractivity contribution in [1.82, 2.24) is 9.97 Å². The third-order valence-corrected chi connectivity index (χ3v) is 4.14. The third-order valence-electron chi connectivity index (χ3n) is 4.14. The Kier molecular flexibility index (Phi) is 4.83. The summed E-state index contributed by atoms with van der Waals surface area (Å²) in [5, 5.41) is 8.78. The molecule has 1 N–H and O–H groups in total. The van der Waals surface area contributed by atoms with Crippen LogP contribution in [0.15, 0.2) is 6.07 Å². The van der Waals surface area contributed by atoms with Crippen LogP contribution in [0, 0.1) is 0 Å². The number of aliphatic carboxylic acids is 1. The van der Waals surface area contributed by atoms with Crippen LogP contribution in [0.4, 0.5) is 13.2 Å². The molecule has 1 aliphatic heterocycles. The van der Waals surface area contributed by atoms with Crippen LogP contribution in [0.2, 0.25) is 0 Å². The van der Waals surface area contributed by atoms with Crippen molar-refractivity contribution in [2.24, 2.45) is 0 Å². The van der Waals surface area contributed by atoms with Gasteiger partial charge < -0.3 is 19.3 Å². The number of hydrogen-bond acceptors (Lipinski definition) is 6. The predicted octanol–water partition coefficient (Wildman–Crippen LogP) is 2.19. The number of aromatic nitrogens is 2. The van der Waals surface area contributed by atoms with E-state index in [-0.39, 0.29) is 17.7 Å². The molecular weight excluding hydrogens is 345 g/mol. The van der Waals surface area contributed by atoms with Crippen molar-refractivity contribution in [3.8, 4) is 5.88 Å². The first-order valence-corrected chi connectivity index (χ1v) is 7.87. The Labute approximate surface area is 141 Å². The molecule has 1 aliphatic carbocycles. The minimum atomic E-state index is -4.78. The van der Waals surface area contributed by atoms with Gasteiger partial charge in [-0.05, 0) is 12.8 Å². The standard InChI is InChI=1S/C15H17F3N2O5/c16-15(17,18)13-19-9(8-12(21)22)7-11(20-13)25-10-1-3-14(4-2-10)23-5-6-24-14/h7,10H,1-6,8H2,(H,21,22). The number of alkyl halides is 3. The number of ether oxygens (including phenoxy) is 3. The largest absolute Gasteiger partial charge is 0.481 e. The third kappa shape index (κ3) is 4.37. The van der Waals surface area contributed by atoms with Crippen LogP contribution in [0.25, 0.3) is 0 Å². The van der Waals surface area contributed by atoms with E-state index in [9.17, 15) is 18.0 Å². The van der Waals surface area contributed by atoms with Gasteiger partial charge in [-0.1, -0.05) is 0 Å². The zero-order valence-electron chi connectivity index (χ0n) is 13.2. The summed E-state index contributed by atoms with van der Waals surface area (Å²) in [4.78, 5) is 17.4. The highest BCUT2D eigenvalue weighted by molar-refractivity contribution is 5.69. The predicted molar refractivity (Wildman–Crippen MR) is 75.9 cm³/mol. The number of carbonyl (C=O) groups is 1. The van der Waals surface area contributed by atoms with Gasteiger partial charge in [0, 0.05) is 18.9 Å². The Morgan fingerprint density at radius 1 is 1.28 bits per heavy atom. The molecule has 2 aliphatic rings. The maximum atomic E-state index is 12.9. The molecule has 1 aromatic rings.